The number of methoxy groups -OCH3 is 1. The molecule has 2 heterocycles. The maximum atomic E-state index is 12.5. The van der Waals surface area contributed by atoms with Crippen LogP contribution in [-0.4, -0.2) is 55.7 Å². The van der Waals surface area contributed by atoms with Crippen molar-refractivity contribution in [1.29, 1.82) is 0 Å². The largest absolute Gasteiger partial charge is 0.380 e. The van der Waals surface area contributed by atoms with E-state index in [1.54, 1.807) is 12.0 Å². The van der Waals surface area contributed by atoms with Crippen LogP contribution in [0.5, 0.6) is 0 Å². The number of nitrogens with zero attached hydrogens (tertiary/aromatic N) is 2. The van der Waals surface area contributed by atoms with Crippen molar-refractivity contribution < 1.29 is 17.9 Å². The van der Waals surface area contributed by atoms with Crippen molar-refractivity contribution in [2.45, 2.75) is 36.2 Å². The topological polar surface area (TPSA) is 92.4 Å². The van der Waals surface area contributed by atoms with E-state index in [-0.39, 0.29) is 22.6 Å². The third-order valence-corrected chi connectivity index (χ3v) is 5.31. The third-order valence-electron chi connectivity index (χ3n) is 3.95. The Morgan fingerprint density at radius 2 is 2.14 bits per heavy atom. The lowest BCUT2D eigenvalue weighted by molar-refractivity contribution is 0.0715. The van der Waals surface area contributed by atoms with Gasteiger partial charge >= 0.3 is 0 Å². The fourth-order valence-corrected chi connectivity index (χ4v) is 3.95. The molecule has 0 radical (unpaired) electrons. The molecule has 21 heavy (non-hydrogen) atoms. The molecule has 3 rings (SSSR count). The van der Waals surface area contributed by atoms with E-state index in [1.165, 1.54) is 0 Å². The summed E-state index contributed by atoms with van der Waals surface area (Å²) < 4.78 is 28.8. The first-order valence-corrected chi connectivity index (χ1v) is 9.07. The Morgan fingerprint density at radius 1 is 1.43 bits per heavy atom. The number of carbonyl (C=O) groups is 1. The van der Waals surface area contributed by atoms with Gasteiger partial charge in [-0.2, -0.15) is 5.10 Å². The van der Waals surface area contributed by atoms with Gasteiger partial charge in [-0.15, -0.1) is 0 Å². The first-order valence-electron chi connectivity index (χ1n) is 6.76. The van der Waals surface area contributed by atoms with Crippen LogP contribution >= 0.6 is 10.7 Å². The van der Waals surface area contributed by atoms with Gasteiger partial charge < -0.3 is 9.64 Å². The van der Waals surface area contributed by atoms with Gasteiger partial charge in [0, 0.05) is 36.8 Å². The predicted molar refractivity (Wildman–Crippen MR) is 74.9 cm³/mol. The first-order chi connectivity index (χ1) is 9.91. The second-order valence-corrected chi connectivity index (χ2v) is 7.93. The molecular weight excluding hydrogens is 318 g/mol. The SMILES string of the molecule is COC1CCN(C(=O)c2n[nH]c(C3CC3)c2S(=O)(=O)Cl)C1. The van der Waals surface area contributed by atoms with E-state index >= 15 is 0 Å². The van der Waals surface area contributed by atoms with Crippen LogP contribution in [0.15, 0.2) is 4.90 Å². The van der Waals surface area contributed by atoms with Crippen molar-refractivity contribution in [3.63, 3.8) is 0 Å². The molecule has 1 N–H and O–H groups in total. The maximum Gasteiger partial charge on any atom is 0.275 e. The zero-order valence-corrected chi connectivity index (χ0v) is 13.1. The van der Waals surface area contributed by atoms with E-state index in [1.807, 2.05) is 0 Å². The molecule has 1 aliphatic heterocycles. The molecule has 1 amide bonds. The highest BCUT2D eigenvalue weighted by atomic mass is 35.7. The second kappa shape index (κ2) is 5.26. The zero-order chi connectivity index (χ0) is 15.2. The molecule has 2 aliphatic rings. The Morgan fingerprint density at radius 3 is 2.67 bits per heavy atom. The molecule has 1 aromatic rings. The number of rotatable bonds is 4. The first kappa shape index (κ1) is 14.8. The number of carbonyl (C=O) groups excluding carboxylic acids is 1. The van der Waals surface area contributed by atoms with Crippen molar-refractivity contribution in [1.82, 2.24) is 15.1 Å². The summed E-state index contributed by atoms with van der Waals surface area (Å²) in [6, 6.07) is 0. The van der Waals surface area contributed by atoms with Gasteiger partial charge in [-0.05, 0) is 19.3 Å². The molecule has 0 bridgehead atoms. The van der Waals surface area contributed by atoms with Gasteiger partial charge in [-0.1, -0.05) is 0 Å². The minimum atomic E-state index is -4.02. The lowest BCUT2D eigenvalue weighted by Gasteiger charge is -2.15. The van der Waals surface area contributed by atoms with Gasteiger partial charge in [0.05, 0.1) is 11.8 Å². The molecular formula is C12H16ClN3O4S. The molecule has 1 aliphatic carbocycles. The van der Waals surface area contributed by atoms with E-state index in [4.69, 9.17) is 15.4 Å². The average molecular weight is 334 g/mol. The predicted octanol–water partition coefficient (Wildman–Crippen LogP) is 1.08. The highest BCUT2D eigenvalue weighted by Gasteiger charge is 2.38. The minimum Gasteiger partial charge on any atom is -0.380 e. The molecule has 0 spiro atoms. The molecule has 1 atom stereocenters. The van der Waals surface area contributed by atoms with Gasteiger partial charge in [0.1, 0.15) is 4.90 Å². The zero-order valence-electron chi connectivity index (χ0n) is 11.5. The fraction of sp³-hybridized carbons (Fsp3) is 0.667. The number of H-pyrrole nitrogens is 1. The van der Waals surface area contributed by atoms with E-state index in [0.29, 0.717) is 18.8 Å². The molecule has 1 saturated heterocycles. The number of aromatic nitrogens is 2. The highest BCUT2D eigenvalue weighted by Crippen LogP contribution is 2.43. The maximum absolute atomic E-state index is 12.5. The highest BCUT2D eigenvalue weighted by molar-refractivity contribution is 8.13. The molecule has 0 aromatic carbocycles. The number of nitrogens with one attached hydrogen (secondary N) is 1. The Kier molecular flexibility index (Phi) is 3.71. The van der Waals surface area contributed by atoms with Crippen molar-refractivity contribution in [3.8, 4) is 0 Å². The number of aromatic amines is 1. The fourth-order valence-electron chi connectivity index (χ4n) is 2.64. The molecule has 9 heteroatoms. The quantitative estimate of drug-likeness (QED) is 0.832. The average Bonchev–Trinajstić information content (AvgIpc) is 3.01. The minimum absolute atomic E-state index is 0.0214. The number of hydrogen-bond acceptors (Lipinski definition) is 5. The van der Waals surface area contributed by atoms with Crippen molar-refractivity contribution in [2.75, 3.05) is 20.2 Å². The van der Waals surface area contributed by atoms with E-state index < -0.39 is 15.0 Å². The molecule has 7 nitrogen and oxygen atoms in total. The van der Waals surface area contributed by atoms with E-state index in [2.05, 4.69) is 10.2 Å². The van der Waals surface area contributed by atoms with Gasteiger partial charge in [0.15, 0.2) is 5.69 Å². The summed E-state index contributed by atoms with van der Waals surface area (Å²) in [5, 5.41) is 6.60. The summed E-state index contributed by atoms with van der Waals surface area (Å²) in [6.07, 6.45) is 2.47. The Balaban J connectivity index is 1.93. The lowest BCUT2D eigenvalue weighted by Crippen LogP contribution is -2.31. The second-order valence-electron chi connectivity index (χ2n) is 5.42. The summed E-state index contributed by atoms with van der Waals surface area (Å²) >= 11 is 0. The molecule has 1 aromatic heterocycles. The Labute approximate surface area is 127 Å². The Bertz CT molecular complexity index is 668. The van der Waals surface area contributed by atoms with Crippen LogP contribution in [0.25, 0.3) is 0 Å². The van der Waals surface area contributed by atoms with E-state index in [0.717, 1.165) is 19.3 Å². The summed E-state index contributed by atoms with van der Waals surface area (Å²) in [5.41, 5.74) is 0.347. The van der Waals surface area contributed by atoms with Gasteiger partial charge in [-0.3, -0.25) is 9.89 Å². The van der Waals surface area contributed by atoms with Crippen LogP contribution in [0.1, 0.15) is 41.4 Å². The van der Waals surface area contributed by atoms with Crippen LogP contribution in [0, 0.1) is 0 Å². The number of likely N-dealkylation sites (tertiary alicyclic amines) is 1. The van der Waals surface area contributed by atoms with Gasteiger partial charge in [0.25, 0.3) is 15.0 Å². The third kappa shape index (κ3) is 2.79. The van der Waals surface area contributed by atoms with Crippen LogP contribution in [-0.2, 0) is 13.8 Å². The summed E-state index contributed by atoms with van der Waals surface area (Å²) in [4.78, 5) is 13.9. The molecule has 1 saturated carbocycles. The van der Waals surface area contributed by atoms with Gasteiger partial charge in [-0.25, -0.2) is 8.42 Å². The molecule has 2 fully saturated rings. The normalized spacial score (nSPS) is 22.8. The molecule has 1 unspecified atom stereocenters. The number of amides is 1. The smallest absolute Gasteiger partial charge is 0.275 e. The van der Waals surface area contributed by atoms with Crippen LogP contribution in [0.2, 0.25) is 0 Å². The van der Waals surface area contributed by atoms with Crippen LogP contribution in [0.4, 0.5) is 0 Å². The summed E-state index contributed by atoms with van der Waals surface area (Å²) in [7, 11) is 3.08. The van der Waals surface area contributed by atoms with Crippen LogP contribution < -0.4 is 0 Å². The molecule has 116 valence electrons. The number of halogens is 1. The van der Waals surface area contributed by atoms with E-state index in [9.17, 15) is 13.2 Å². The van der Waals surface area contributed by atoms with Crippen molar-refractivity contribution >= 4 is 25.6 Å². The monoisotopic (exact) mass is 333 g/mol. The number of hydrogen-bond donors (Lipinski definition) is 1. The lowest BCUT2D eigenvalue weighted by atomic mass is 10.2. The van der Waals surface area contributed by atoms with Crippen molar-refractivity contribution in [2.24, 2.45) is 0 Å². The summed E-state index contributed by atoms with van der Waals surface area (Å²) in [6.45, 7) is 0.952. The van der Waals surface area contributed by atoms with Crippen molar-refractivity contribution in [3.05, 3.63) is 11.4 Å². The number of ether oxygens (including phenoxy) is 1. The van der Waals surface area contributed by atoms with Crippen LogP contribution in [0.3, 0.4) is 0 Å². The standard InChI is InChI=1S/C12H16ClN3O4S/c1-20-8-4-5-16(6-8)12(17)10-11(21(13,18)19)9(14-15-10)7-2-3-7/h7-8H,2-6H2,1H3,(H,14,15). The van der Waals surface area contributed by atoms with Gasteiger partial charge in [0.2, 0.25) is 0 Å². The summed E-state index contributed by atoms with van der Waals surface area (Å²) in [5.74, 6) is -0.315. The Hall–Kier alpha value is -1.12.